The molecule has 3 aromatic rings. The van der Waals surface area contributed by atoms with E-state index in [1.807, 2.05) is 0 Å². The van der Waals surface area contributed by atoms with E-state index in [0.717, 1.165) is 17.8 Å². The minimum absolute atomic E-state index is 0.0444. The Hall–Kier alpha value is -3.32. The number of benzene rings is 2. The van der Waals surface area contributed by atoms with Crippen molar-refractivity contribution in [2.75, 3.05) is 37.7 Å². The lowest BCUT2D eigenvalue weighted by Gasteiger charge is -2.28. The topological polar surface area (TPSA) is 63.7 Å². The first kappa shape index (κ1) is 26.7. The van der Waals surface area contributed by atoms with Crippen LogP contribution in [0.25, 0.3) is 10.6 Å². The van der Waals surface area contributed by atoms with Crippen LogP contribution in [0.5, 0.6) is 5.75 Å². The molecule has 1 amide bonds. The molecule has 37 heavy (non-hydrogen) atoms. The summed E-state index contributed by atoms with van der Waals surface area (Å²) in [5, 5.41) is 2.44. The number of thiazole rings is 1. The highest BCUT2D eigenvalue weighted by atomic mass is 32.1. The first-order valence-electron chi connectivity index (χ1n) is 11.1. The summed E-state index contributed by atoms with van der Waals surface area (Å²) in [5.41, 5.74) is 0.460. The number of nitrogens with zero attached hydrogens (tertiary/aromatic N) is 2. The van der Waals surface area contributed by atoms with Gasteiger partial charge in [-0.15, -0.1) is 24.5 Å². The Balaban J connectivity index is 1.45. The van der Waals surface area contributed by atoms with Crippen molar-refractivity contribution in [2.45, 2.75) is 19.0 Å². The molecule has 0 atom stereocenters. The molecular weight excluding hydrogens is 524 g/mol. The summed E-state index contributed by atoms with van der Waals surface area (Å²) in [6.45, 7) is 2.49. The fourth-order valence-corrected chi connectivity index (χ4v) is 4.73. The van der Waals surface area contributed by atoms with E-state index in [1.165, 1.54) is 12.1 Å². The lowest BCUT2D eigenvalue weighted by atomic mass is 10.1. The molecule has 198 valence electrons. The highest BCUT2D eigenvalue weighted by Gasteiger charge is 2.39. The Bertz CT molecular complexity index is 1220. The van der Waals surface area contributed by atoms with E-state index in [0.29, 0.717) is 48.8 Å². The molecule has 4 rings (SSSR count). The molecule has 0 spiro atoms. The van der Waals surface area contributed by atoms with Crippen LogP contribution >= 0.6 is 11.3 Å². The van der Waals surface area contributed by atoms with Crippen LogP contribution < -0.4 is 15.0 Å². The third-order valence-electron chi connectivity index (χ3n) is 5.42. The van der Waals surface area contributed by atoms with Gasteiger partial charge in [0.15, 0.2) is 5.69 Å². The van der Waals surface area contributed by atoms with Gasteiger partial charge in [0, 0.05) is 30.9 Å². The van der Waals surface area contributed by atoms with Crippen LogP contribution in [0.1, 0.15) is 20.9 Å². The number of nitrogens with one attached hydrogen (secondary N) is 1. The highest BCUT2D eigenvalue weighted by Crippen LogP contribution is 2.38. The SMILES string of the molecule is O=C(NCCc1cccc(OC(F)(F)F)c1)c1sc(-c2ccc(N3CCOCC3)cc2)nc1C(F)(F)F. The van der Waals surface area contributed by atoms with Gasteiger partial charge in [-0.3, -0.25) is 4.79 Å². The number of hydrogen-bond donors (Lipinski definition) is 1. The van der Waals surface area contributed by atoms with E-state index in [4.69, 9.17) is 4.74 Å². The Kier molecular flexibility index (Phi) is 7.93. The van der Waals surface area contributed by atoms with Gasteiger partial charge in [0.05, 0.1) is 13.2 Å². The van der Waals surface area contributed by atoms with Crippen LogP contribution in [0.4, 0.5) is 32.0 Å². The van der Waals surface area contributed by atoms with Crippen molar-refractivity contribution >= 4 is 22.9 Å². The summed E-state index contributed by atoms with van der Waals surface area (Å²) in [5.74, 6) is -1.40. The summed E-state index contributed by atoms with van der Waals surface area (Å²) >= 11 is 0.622. The molecule has 0 radical (unpaired) electrons. The fourth-order valence-electron chi connectivity index (χ4n) is 3.72. The van der Waals surface area contributed by atoms with Crippen molar-refractivity contribution in [2.24, 2.45) is 0 Å². The Labute approximate surface area is 211 Å². The van der Waals surface area contributed by atoms with Gasteiger partial charge in [-0.2, -0.15) is 13.2 Å². The summed E-state index contributed by atoms with van der Waals surface area (Å²) in [7, 11) is 0. The summed E-state index contributed by atoms with van der Waals surface area (Å²) in [6.07, 6.45) is -9.62. The maximum absolute atomic E-state index is 13.7. The van der Waals surface area contributed by atoms with Gasteiger partial charge in [0.25, 0.3) is 5.91 Å². The van der Waals surface area contributed by atoms with Crippen molar-refractivity contribution in [3.8, 4) is 16.3 Å². The zero-order valence-corrected chi connectivity index (χ0v) is 20.0. The van der Waals surface area contributed by atoms with Gasteiger partial charge in [0.2, 0.25) is 0 Å². The number of amides is 1. The molecule has 0 unspecified atom stereocenters. The van der Waals surface area contributed by atoms with Crippen LogP contribution in [0.2, 0.25) is 0 Å². The second-order valence-electron chi connectivity index (χ2n) is 8.04. The number of aromatic nitrogens is 1. The molecular formula is C24H21F6N3O3S. The predicted molar refractivity (Wildman–Crippen MR) is 125 cm³/mol. The zero-order chi connectivity index (χ0) is 26.6. The predicted octanol–water partition coefficient (Wildman–Crippen LogP) is 5.54. The van der Waals surface area contributed by atoms with Gasteiger partial charge in [-0.1, -0.05) is 12.1 Å². The van der Waals surface area contributed by atoms with Gasteiger partial charge in [-0.25, -0.2) is 4.98 Å². The number of hydrogen-bond acceptors (Lipinski definition) is 6. The fraction of sp³-hybridized carbons (Fsp3) is 0.333. The average Bonchev–Trinajstić information content (AvgIpc) is 3.30. The van der Waals surface area contributed by atoms with Gasteiger partial charge in [-0.05, 0) is 48.4 Å². The maximum Gasteiger partial charge on any atom is 0.573 e. The van der Waals surface area contributed by atoms with E-state index >= 15 is 0 Å². The molecule has 2 aromatic carbocycles. The first-order valence-corrected chi connectivity index (χ1v) is 12.0. The Morgan fingerprint density at radius 1 is 1.05 bits per heavy atom. The van der Waals surface area contributed by atoms with E-state index in [1.54, 1.807) is 24.3 Å². The second-order valence-corrected chi connectivity index (χ2v) is 9.04. The lowest BCUT2D eigenvalue weighted by molar-refractivity contribution is -0.274. The molecule has 1 fully saturated rings. The molecule has 1 aliphatic rings. The smallest absolute Gasteiger partial charge is 0.406 e. The number of ether oxygens (including phenoxy) is 2. The molecule has 1 saturated heterocycles. The van der Waals surface area contributed by atoms with Crippen LogP contribution in [-0.4, -0.2) is 50.1 Å². The standard InChI is InChI=1S/C24H21F6N3O3S/c25-23(26,27)20-19(21(34)31-9-8-15-2-1-3-18(14-15)36-24(28,29)30)37-22(32-20)16-4-6-17(7-5-16)33-10-12-35-13-11-33/h1-7,14H,8-13H2,(H,31,34). The van der Waals surface area contributed by atoms with E-state index in [2.05, 4.69) is 19.9 Å². The van der Waals surface area contributed by atoms with Crippen LogP contribution in [0, 0.1) is 0 Å². The van der Waals surface area contributed by atoms with Crippen molar-refractivity contribution in [3.63, 3.8) is 0 Å². The summed E-state index contributed by atoms with van der Waals surface area (Å²) < 4.78 is 87.3. The largest absolute Gasteiger partial charge is 0.573 e. The Morgan fingerprint density at radius 3 is 2.41 bits per heavy atom. The normalized spacial score (nSPS) is 14.5. The van der Waals surface area contributed by atoms with Gasteiger partial charge < -0.3 is 19.7 Å². The highest BCUT2D eigenvalue weighted by molar-refractivity contribution is 7.17. The molecule has 0 saturated carbocycles. The molecule has 6 nitrogen and oxygen atoms in total. The number of carbonyl (C=O) groups excluding carboxylic acids is 1. The molecule has 1 aliphatic heterocycles. The maximum atomic E-state index is 13.7. The Morgan fingerprint density at radius 2 is 1.76 bits per heavy atom. The number of rotatable bonds is 7. The van der Waals surface area contributed by atoms with Crippen molar-refractivity contribution in [1.29, 1.82) is 0 Å². The first-order chi connectivity index (χ1) is 17.5. The summed E-state index contributed by atoms with van der Waals surface area (Å²) in [6, 6.07) is 12.0. The van der Waals surface area contributed by atoms with Crippen molar-refractivity contribution < 1.29 is 40.6 Å². The van der Waals surface area contributed by atoms with Crippen LogP contribution in [0.3, 0.4) is 0 Å². The van der Waals surface area contributed by atoms with E-state index < -0.39 is 34.8 Å². The van der Waals surface area contributed by atoms with Gasteiger partial charge in [0.1, 0.15) is 15.6 Å². The van der Waals surface area contributed by atoms with Crippen LogP contribution in [-0.2, 0) is 17.3 Å². The number of carbonyl (C=O) groups is 1. The lowest BCUT2D eigenvalue weighted by Crippen LogP contribution is -2.36. The van der Waals surface area contributed by atoms with Crippen molar-refractivity contribution in [1.82, 2.24) is 10.3 Å². The second kappa shape index (κ2) is 11.0. The molecule has 1 aromatic heterocycles. The molecule has 1 N–H and O–H groups in total. The molecule has 0 bridgehead atoms. The van der Waals surface area contributed by atoms with Gasteiger partial charge >= 0.3 is 12.5 Å². The molecule has 0 aliphatic carbocycles. The third kappa shape index (κ3) is 7.13. The van der Waals surface area contributed by atoms with E-state index in [9.17, 15) is 31.1 Å². The number of alkyl halides is 6. The summed E-state index contributed by atoms with van der Waals surface area (Å²) in [4.78, 5) is 17.8. The van der Waals surface area contributed by atoms with E-state index in [-0.39, 0.29) is 18.0 Å². The average molecular weight is 546 g/mol. The monoisotopic (exact) mass is 545 g/mol. The number of halogens is 6. The number of anilines is 1. The third-order valence-corrected chi connectivity index (χ3v) is 6.53. The quantitative estimate of drug-likeness (QED) is 0.396. The van der Waals surface area contributed by atoms with Crippen LogP contribution in [0.15, 0.2) is 48.5 Å². The number of morpholine rings is 1. The zero-order valence-electron chi connectivity index (χ0n) is 19.2. The minimum Gasteiger partial charge on any atom is -0.406 e. The molecule has 13 heteroatoms. The van der Waals surface area contributed by atoms with Crippen molar-refractivity contribution in [3.05, 3.63) is 64.7 Å². The molecule has 2 heterocycles. The minimum atomic E-state index is -4.85.